The molecule has 1 aliphatic heterocycles. The van der Waals surface area contributed by atoms with Gasteiger partial charge in [0.05, 0.1) is 6.26 Å². The van der Waals surface area contributed by atoms with Gasteiger partial charge in [-0.2, -0.15) is 0 Å². The first kappa shape index (κ1) is 13.5. The van der Waals surface area contributed by atoms with Crippen molar-refractivity contribution >= 4 is 10.0 Å². The zero-order valence-corrected chi connectivity index (χ0v) is 12.1. The van der Waals surface area contributed by atoms with E-state index in [2.05, 4.69) is 23.4 Å². The van der Waals surface area contributed by atoms with Gasteiger partial charge in [0, 0.05) is 37.4 Å². The summed E-state index contributed by atoms with van der Waals surface area (Å²) in [6.07, 6.45) is 5.09. The molecule has 0 amide bonds. The standard InChI is InChI=1S/C12H21N3O2S/c1-4-6-15-10(2)8-13-12(15)11-5-7-14(9-11)18(3,16)17/h8,11H,4-7,9H2,1-3H3. The minimum absolute atomic E-state index is 0.236. The van der Waals surface area contributed by atoms with E-state index in [4.69, 9.17) is 0 Å². The second kappa shape index (κ2) is 5.01. The number of aryl methyl sites for hydroxylation is 1. The molecular weight excluding hydrogens is 250 g/mol. The quantitative estimate of drug-likeness (QED) is 0.830. The Kier molecular flexibility index (Phi) is 3.77. The number of rotatable bonds is 4. The zero-order chi connectivity index (χ0) is 13.3. The summed E-state index contributed by atoms with van der Waals surface area (Å²) in [5.41, 5.74) is 1.16. The molecule has 2 rings (SSSR count). The third-order valence-electron chi connectivity index (χ3n) is 3.52. The highest BCUT2D eigenvalue weighted by Crippen LogP contribution is 2.28. The molecule has 0 saturated carbocycles. The van der Waals surface area contributed by atoms with Crippen LogP contribution in [0.5, 0.6) is 0 Å². The van der Waals surface area contributed by atoms with Crippen molar-refractivity contribution in [2.24, 2.45) is 0 Å². The fraction of sp³-hybridized carbons (Fsp3) is 0.750. The van der Waals surface area contributed by atoms with Crippen molar-refractivity contribution in [3.8, 4) is 0 Å². The number of hydrogen-bond acceptors (Lipinski definition) is 3. The predicted molar refractivity (Wildman–Crippen MR) is 71.0 cm³/mol. The summed E-state index contributed by atoms with van der Waals surface area (Å²) in [6.45, 7) is 6.33. The molecule has 0 aliphatic carbocycles. The summed E-state index contributed by atoms with van der Waals surface area (Å²) in [4.78, 5) is 4.47. The molecule has 0 radical (unpaired) electrons. The van der Waals surface area contributed by atoms with Crippen molar-refractivity contribution in [2.45, 2.75) is 39.2 Å². The fourth-order valence-electron chi connectivity index (χ4n) is 2.56. The topological polar surface area (TPSA) is 55.2 Å². The Morgan fingerprint density at radius 2 is 2.22 bits per heavy atom. The molecule has 102 valence electrons. The third-order valence-corrected chi connectivity index (χ3v) is 4.79. The number of sulfonamides is 1. The van der Waals surface area contributed by atoms with Crippen LogP contribution in [0.4, 0.5) is 0 Å². The molecule has 2 heterocycles. The van der Waals surface area contributed by atoms with Crippen LogP contribution in [0.1, 0.15) is 37.2 Å². The van der Waals surface area contributed by atoms with Gasteiger partial charge in [0.1, 0.15) is 5.82 Å². The van der Waals surface area contributed by atoms with Crippen LogP contribution in [0.2, 0.25) is 0 Å². The Morgan fingerprint density at radius 3 is 2.78 bits per heavy atom. The van der Waals surface area contributed by atoms with Gasteiger partial charge in [0.15, 0.2) is 0 Å². The second-order valence-electron chi connectivity index (χ2n) is 5.02. The largest absolute Gasteiger partial charge is 0.332 e. The lowest BCUT2D eigenvalue weighted by atomic mass is 10.1. The van der Waals surface area contributed by atoms with Crippen molar-refractivity contribution < 1.29 is 8.42 Å². The van der Waals surface area contributed by atoms with Gasteiger partial charge in [-0.05, 0) is 19.8 Å². The van der Waals surface area contributed by atoms with Crippen LogP contribution in [0.3, 0.4) is 0 Å². The van der Waals surface area contributed by atoms with Gasteiger partial charge in [-0.1, -0.05) is 6.92 Å². The number of nitrogens with zero attached hydrogens (tertiary/aromatic N) is 3. The molecule has 18 heavy (non-hydrogen) atoms. The number of hydrogen-bond donors (Lipinski definition) is 0. The molecule has 5 nitrogen and oxygen atoms in total. The van der Waals surface area contributed by atoms with E-state index in [1.54, 1.807) is 4.31 Å². The highest BCUT2D eigenvalue weighted by Gasteiger charge is 2.32. The fourth-order valence-corrected chi connectivity index (χ4v) is 3.45. The van der Waals surface area contributed by atoms with Crippen LogP contribution < -0.4 is 0 Å². The molecule has 1 unspecified atom stereocenters. The van der Waals surface area contributed by atoms with Crippen molar-refractivity contribution in [3.63, 3.8) is 0 Å². The van der Waals surface area contributed by atoms with Crippen molar-refractivity contribution in [2.75, 3.05) is 19.3 Å². The lowest BCUT2D eigenvalue weighted by Crippen LogP contribution is -2.27. The van der Waals surface area contributed by atoms with Crippen LogP contribution in [0, 0.1) is 6.92 Å². The first-order valence-corrected chi connectivity index (χ1v) is 8.25. The molecule has 1 fully saturated rings. The minimum atomic E-state index is -3.07. The van der Waals surface area contributed by atoms with E-state index >= 15 is 0 Å². The molecule has 1 atom stereocenters. The average Bonchev–Trinajstić information content (AvgIpc) is 2.86. The zero-order valence-electron chi connectivity index (χ0n) is 11.3. The molecule has 0 aromatic carbocycles. The van der Waals surface area contributed by atoms with Gasteiger partial charge < -0.3 is 4.57 Å². The van der Waals surface area contributed by atoms with Crippen LogP contribution in [0.15, 0.2) is 6.20 Å². The molecule has 1 saturated heterocycles. The lowest BCUT2D eigenvalue weighted by Gasteiger charge is -2.15. The van der Waals surface area contributed by atoms with Gasteiger partial charge in [-0.3, -0.25) is 0 Å². The Hall–Kier alpha value is -0.880. The first-order chi connectivity index (χ1) is 8.43. The first-order valence-electron chi connectivity index (χ1n) is 6.40. The predicted octanol–water partition coefficient (Wildman–Crippen LogP) is 1.35. The van der Waals surface area contributed by atoms with E-state index in [1.165, 1.54) is 6.26 Å². The normalized spacial score (nSPS) is 21.6. The Labute approximate surface area is 109 Å². The van der Waals surface area contributed by atoms with E-state index in [-0.39, 0.29) is 5.92 Å². The summed E-state index contributed by atoms with van der Waals surface area (Å²) in [6, 6.07) is 0. The van der Waals surface area contributed by atoms with Gasteiger partial charge >= 0.3 is 0 Å². The molecule has 0 spiro atoms. The Balaban J connectivity index is 2.19. The minimum Gasteiger partial charge on any atom is -0.332 e. The summed E-state index contributed by atoms with van der Waals surface area (Å²) >= 11 is 0. The van der Waals surface area contributed by atoms with Crippen molar-refractivity contribution in [1.29, 1.82) is 0 Å². The van der Waals surface area contributed by atoms with Crippen LogP contribution in [-0.4, -0.2) is 41.6 Å². The SMILES string of the molecule is CCCn1c(C)cnc1C1CCN(S(C)(=O)=O)C1. The maximum atomic E-state index is 11.5. The summed E-state index contributed by atoms with van der Waals surface area (Å²) in [7, 11) is -3.07. The Bertz CT molecular complexity index is 521. The smallest absolute Gasteiger partial charge is 0.211 e. The van der Waals surface area contributed by atoms with Gasteiger partial charge in [-0.25, -0.2) is 17.7 Å². The molecule has 6 heteroatoms. The highest BCUT2D eigenvalue weighted by molar-refractivity contribution is 7.88. The molecule has 1 aliphatic rings. The van der Waals surface area contributed by atoms with Gasteiger partial charge in [0.25, 0.3) is 0 Å². The molecular formula is C12H21N3O2S. The maximum absolute atomic E-state index is 11.5. The van der Waals surface area contributed by atoms with Crippen LogP contribution in [-0.2, 0) is 16.6 Å². The van der Waals surface area contributed by atoms with E-state index in [0.29, 0.717) is 13.1 Å². The van der Waals surface area contributed by atoms with E-state index in [9.17, 15) is 8.42 Å². The third kappa shape index (κ3) is 2.59. The molecule has 1 aromatic heterocycles. The van der Waals surface area contributed by atoms with E-state index in [0.717, 1.165) is 30.9 Å². The monoisotopic (exact) mass is 271 g/mol. The summed E-state index contributed by atoms with van der Waals surface area (Å²) in [5, 5.41) is 0. The second-order valence-corrected chi connectivity index (χ2v) is 7.00. The summed E-state index contributed by atoms with van der Waals surface area (Å²) in [5.74, 6) is 1.28. The lowest BCUT2D eigenvalue weighted by molar-refractivity contribution is 0.473. The number of aromatic nitrogens is 2. The average molecular weight is 271 g/mol. The molecule has 0 N–H and O–H groups in total. The van der Waals surface area contributed by atoms with Crippen molar-refractivity contribution in [1.82, 2.24) is 13.9 Å². The van der Waals surface area contributed by atoms with E-state index < -0.39 is 10.0 Å². The van der Waals surface area contributed by atoms with Crippen molar-refractivity contribution in [3.05, 3.63) is 17.7 Å². The van der Waals surface area contributed by atoms with Crippen LogP contribution >= 0.6 is 0 Å². The van der Waals surface area contributed by atoms with Gasteiger partial charge in [0.2, 0.25) is 10.0 Å². The van der Waals surface area contributed by atoms with E-state index in [1.807, 2.05) is 6.20 Å². The van der Waals surface area contributed by atoms with Crippen LogP contribution in [0.25, 0.3) is 0 Å². The molecule has 0 bridgehead atoms. The highest BCUT2D eigenvalue weighted by atomic mass is 32.2. The maximum Gasteiger partial charge on any atom is 0.211 e. The Morgan fingerprint density at radius 1 is 1.50 bits per heavy atom. The van der Waals surface area contributed by atoms with Gasteiger partial charge in [-0.15, -0.1) is 0 Å². The molecule has 1 aromatic rings. The summed E-state index contributed by atoms with van der Waals surface area (Å²) < 4.78 is 26.8. The number of imidazole rings is 1.